The summed E-state index contributed by atoms with van der Waals surface area (Å²) in [6, 6.07) is 21.2. The molecule has 3 aromatic rings. The number of benzene rings is 3. The van der Waals surface area contributed by atoms with Gasteiger partial charge in [0.15, 0.2) is 0 Å². The van der Waals surface area contributed by atoms with Crippen LogP contribution in [0.2, 0.25) is 0 Å². The van der Waals surface area contributed by atoms with Crippen molar-refractivity contribution in [3.63, 3.8) is 0 Å². The molecule has 1 aliphatic heterocycles. The zero-order chi connectivity index (χ0) is 27.4. The Balaban J connectivity index is 1.41. The van der Waals surface area contributed by atoms with Gasteiger partial charge in [-0.3, -0.25) is 9.10 Å². The van der Waals surface area contributed by atoms with Crippen LogP contribution in [0.5, 0.6) is 0 Å². The van der Waals surface area contributed by atoms with Gasteiger partial charge < -0.3 is 10.2 Å². The van der Waals surface area contributed by atoms with Gasteiger partial charge in [-0.2, -0.15) is 0 Å². The minimum Gasteiger partial charge on any atom is -0.371 e. The first-order chi connectivity index (χ1) is 18.0. The Morgan fingerprint density at radius 3 is 2.24 bits per heavy atom. The van der Waals surface area contributed by atoms with Crippen molar-refractivity contribution in [3.05, 3.63) is 94.5 Å². The Bertz CT molecular complexity index is 1350. The Morgan fingerprint density at radius 1 is 1.03 bits per heavy atom. The third-order valence-electron chi connectivity index (χ3n) is 7.39. The van der Waals surface area contributed by atoms with Crippen LogP contribution in [0.25, 0.3) is 0 Å². The topological polar surface area (TPSA) is 69.7 Å². The highest BCUT2D eigenvalue weighted by Gasteiger charge is 2.22. The number of para-hydroxylation sites is 1. The maximum atomic E-state index is 13.0. The first-order valence-electron chi connectivity index (χ1n) is 13.3. The molecule has 1 amide bonds. The molecule has 0 spiro atoms. The zero-order valence-electron chi connectivity index (χ0n) is 23.1. The Morgan fingerprint density at radius 2 is 1.66 bits per heavy atom. The second-order valence-electron chi connectivity index (χ2n) is 10.7. The monoisotopic (exact) mass is 533 g/mol. The van der Waals surface area contributed by atoms with E-state index in [1.807, 2.05) is 51.1 Å². The number of nitrogens with one attached hydrogen (secondary N) is 1. The number of hydrogen-bond donors (Lipinski definition) is 1. The van der Waals surface area contributed by atoms with Gasteiger partial charge in [0.1, 0.15) is 0 Å². The lowest BCUT2D eigenvalue weighted by atomic mass is 9.99. The maximum absolute atomic E-state index is 13.0. The number of carbonyl (C=O) groups is 1. The van der Waals surface area contributed by atoms with Gasteiger partial charge in [0.2, 0.25) is 10.0 Å². The van der Waals surface area contributed by atoms with Crippen LogP contribution >= 0.6 is 0 Å². The molecule has 0 aliphatic carbocycles. The van der Waals surface area contributed by atoms with E-state index in [4.69, 9.17) is 0 Å². The number of amides is 1. The summed E-state index contributed by atoms with van der Waals surface area (Å²) < 4.78 is 26.7. The molecular weight excluding hydrogens is 494 g/mol. The highest BCUT2D eigenvalue weighted by Crippen LogP contribution is 2.29. The first kappa shape index (κ1) is 27.7. The average molecular weight is 534 g/mol. The predicted molar refractivity (Wildman–Crippen MR) is 156 cm³/mol. The van der Waals surface area contributed by atoms with E-state index in [-0.39, 0.29) is 18.5 Å². The molecule has 202 valence electrons. The minimum atomic E-state index is -3.50. The largest absolute Gasteiger partial charge is 0.371 e. The molecule has 38 heavy (non-hydrogen) atoms. The molecule has 0 bridgehead atoms. The van der Waals surface area contributed by atoms with Crippen LogP contribution in [0.1, 0.15) is 65.3 Å². The molecule has 1 aliphatic rings. The quantitative estimate of drug-likeness (QED) is 0.386. The lowest BCUT2D eigenvalue weighted by molar-refractivity contribution is 0.0940. The average Bonchev–Trinajstić information content (AvgIpc) is 2.88. The first-order valence-corrected chi connectivity index (χ1v) is 15.2. The van der Waals surface area contributed by atoms with E-state index < -0.39 is 10.0 Å². The molecule has 4 rings (SSSR count). The van der Waals surface area contributed by atoms with E-state index in [1.54, 1.807) is 12.1 Å². The van der Waals surface area contributed by atoms with Crippen molar-refractivity contribution in [2.24, 2.45) is 5.92 Å². The van der Waals surface area contributed by atoms with Crippen molar-refractivity contribution in [3.8, 4) is 0 Å². The van der Waals surface area contributed by atoms with Gasteiger partial charge in [0, 0.05) is 24.3 Å². The van der Waals surface area contributed by atoms with Crippen LogP contribution in [0.3, 0.4) is 0 Å². The molecule has 1 N–H and O–H groups in total. The van der Waals surface area contributed by atoms with Gasteiger partial charge >= 0.3 is 0 Å². The molecular formula is C31H39N3O3S. The van der Waals surface area contributed by atoms with E-state index >= 15 is 0 Å². The molecule has 1 fully saturated rings. The molecule has 0 saturated carbocycles. The zero-order valence-corrected chi connectivity index (χ0v) is 23.9. The minimum absolute atomic E-state index is 0.138. The van der Waals surface area contributed by atoms with Crippen LogP contribution in [0.15, 0.2) is 66.7 Å². The van der Waals surface area contributed by atoms with Crippen molar-refractivity contribution in [2.75, 3.05) is 28.6 Å². The van der Waals surface area contributed by atoms with Crippen LogP contribution in [0.4, 0.5) is 11.4 Å². The van der Waals surface area contributed by atoms with Crippen LogP contribution in [-0.2, 0) is 16.6 Å². The van der Waals surface area contributed by atoms with E-state index in [0.29, 0.717) is 17.2 Å². The molecule has 0 radical (unpaired) electrons. The molecule has 7 heteroatoms. The number of nitrogens with zero attached hydrogens (tertiary/aromatic N) is 2. The lowest BCUT2D eigenvalue weighted by Gasteiger charge is -2.33. The summed E-state index contributed by atoms with van der Waals surface area (Å²) in [4.78, 5) is 15.4. The fourth-order valence-electron chi connectivity index (χ4n) is 5.25. The number of carbonyl (C=O) groups excluding carboxylic acids is 1. The Hall–Kier alpha value is -3.32. The summed E-state index contributed by atoms with van der Waals surface area (Å²) in [5.41, 5.74) is 6.15. The fraction of sp³-hybridized carbons (Fsp3) is 0.387. The molecule has 2 atom stereocenters. The highest BCUT2D eigenvalue weighted by atomic mass is 32.2. The van der Waals surface area contributed by atoms with Gasteiger partial charge in [-0.15, -0.1) is 0 Å². The molecule has 0 unspecified atom stereocenters. The predicted octanol–water partition coefficient (Wildman–Crippen LogP) is 6.00. The second-order valence-corrected chi connectivity index (χ2v) is 12.6. The van der Waals surface area contributed by atoms with Crippen molar-refractivity contribution in [1.29, 1.82) is 0 Å². The van der Waals surface area contributed by atoms with E-state index in [1.165, 1.54) is 29.1 Å². The highest BCUT2D eigenvalue weighted by molar-refractivity contribution is 7.92. The number of aryl methyl sites for hydroxylation is 2. The molecule has 0 aromatic heterocycles. The lowest BCUT2D eigenvalue weighted by Crippen LogP contribution is -2.34. The Kier molecular flexibility index (Phi) is 8.46. The number of sulfonamides is 1. The SMILES string of the molecule is Cc1cccc(C)c1N(Cc1ccc(C(=O)N[C@H](C)c2ccc(N3CCC[C@H](C)C3)cc2)cc1)S(C)(=O)=O. The van der Waals surface area contributed by atoms with Gasteiger partial charge in [-0.05, 0) is 86.1 Å². The van der Waals surface area contributed by atoms with Crippen LogP contribution in [0, 0.1) is 19.8 Å². The van der Waals surface area contributed by atoms with Gasteiger partial charge in [-0.1, -0.05) is 49.4 Å². The molecule has 1 heterocycles. The second kappa shape index (κ2) is 11.6. The summed E-state index contributed by atoms with van der Waals surface area (Å²) in [7, 11) is -3.50. The third-order valence-corrected chi connectivity index (χ3v) is 8.51. The summed E-state index contributed by atoms with van der Waals surface area (Å²) in [6.07, 6.45) is 3.74. The Labute approximate surface area is 227 Å². The maximum Gasteiger partial charge on any atom is 0.251 e. The standard InChI is InChI=1S/C31H39N3O3S/c1-22-8-7-19-33(20-22)29-17-15-27(16-18-29)25(4)32-31(35)28-13-11-26(12-14-28)21-34(38(5,36)37)30-23(2)9-6-10-24(30)3/h6,9-18,22,25H,7-8,19-21H2,1-5H3,(H,32,35)/t22-,25+/m0/s1. The van der Waals surface area contributed by atoms with Crippen molar-refractivity contribution in [1.82, 2.24) is 5.32 Å². The van der Waals surface area contributed by atoms with Gasteiger partial charge in [0.05, 0.1) is 24.5 Å². The number of anilines is 2. The van der Waals surface area contributed by atoms with Crippen LogP contribution in [-0.4, -0.2) is 33.7 Å². The van der Waals surface area contributed by atoms with Gasteiger partial charge in [0.25, 0.3) is 5.91 Å². The smallest absolute Gasteiger partial charge is 0.251 e. The van der Waals surface area contributed by atoms with E-state index in [2.05, 4.69) is 41.4 Å². The molecule has 1 saturated heterocycles. The summed E-state index contributed by atoms with van der Waals surface area (Å²) in [5.74, 6) is 0.557. The van der Waals surface area contributed by atoms with E-state index in [9.17, 15) is 13.2 Å². The number of hydrogen-bond acceptors (Lipinski definition) is 4. The number of piperidine rings is 1. The van der Waals surface area contributed by atoms with E-state index in [0.717, 1.165) is 35.3 Å². The summed E-state index contributed by atoms with van der Waals surface area (Å²) >= 11 is 0. The molecule has 3 aromatic carbocycles. The summed E-state index contributed by atoms with van der Waals surface area (Å²) in [6.45, 7) is 10.5. The summed E-state index contributed by atoms with van der Waals surface area (Å²) in [5, 5.41) is 3.08. The normalized spacial score (nSPS) is 16.7. The number of rotatable bonds is 8. The van der Waals surface area contributed by atoms with Gasteiger partial charge in [-0.25, -0.2) is 8.42 Å². The third kappa shape index (κ3) is 6.57. The van der Waals surface area contributed by atoms with Crippen molar-refractivity contribution >= 4 is 27.3 Å². The fourth-order valence-corrected chi connectivity index (χ4v) is 6.25. The van der Waals surface area contributed by atoms with Crippen molar-refractivity contribution in [2.45, 2.75) is 53.1 Å². The van der Waals surface area contributed by atoms with Crippen LogP contribution < -0.4 is 14.5 Å². The van der Waals surface area contributed by atoms with Crippen molar-refractivity contribution < 1.29 is 13.2 Å². The molecule has 6 nitrogen and oxygen atoms in total.